The predicted octanol–water partition coefficient (Wildman–Crippen LogP) is 2.29. The van der Waals surface area contributed by atoms with E-state index in [0.717, 1.165) is 0 Å². The number of carbonyl (C=O) groups excluding carboxylic acids is 1. The lowest BCUT2D eigenvalue weighted by molar-refractivity contribution is -0.120. The zero-order valence-electron chi connectivity index (χ0n) is 9.76. The van der Waals surface area contributed by atoms with Crippen LogP contribution in [0.3, 0.4) is 0 Å². The predicted molar refractivity (Wildman–Crippen MR) is 66.3 cm³/mol. The molecule has 0 aliphatic rings. The van der Waals surface area contributed by atoms with E-state index < -0.39 is 22.7 Å². The molecule has 0 fully saturated rings. The summed E-state index contributed by atoms with van der Waals surface area (Å²) < 4.78 is 35.6. The summed E-state index contributed by atoms with van der Waals surface area (Å²) >= 11 is -0.339. The molecule has 1 amide bonds. The molecule has 0 bridgehead atoms. The molecule has 0 unspecified atom stereocenters. The van der Waals surface area contributed by atoms with E-state index in [-0.39, 0.29) is 30.7 Å². The highest BCUT2D eigenvalue weighted by molar-refractivity contribution is 8.00. The minimum Gasteiger partial charge on any atom is -0.349 e. The summed E-state index contributed by atoms with van der Waals surface area (Å²) in [4.78, 5) is 11.3. The summed E-state index contributed by atoms with van der Waals surface area (Å²) in [5.74, 6) is -1.25. The van der Waals surface area contributed by atoms with Crippen molar-refractivity contribution in [1.82, 2.24) is 5.32 Å². The molecular weight excluding hydrogens is 277 g/mol. The molecule has 8 heteroatoms. The Balaban J connectivity index is 0. The first-order valence-electron chi connectivity index (χ1n) is 5.00. The van der Waals surface area contributed by atoms with Crippen LogP contribution in [-0.2, 0) is 4.79 Å². The number of hydrogen-bond acceptors (Lipinski definition) is 3. The van der Waals surface area contributed by atoms with Crippen molar-refractivity contribution >= 4 is 30.1 Å². The highest BCUT2D eigenvalue weighted by Crippen LogP contribution is 2.29. The Hall–Kier alpha value is -0.140. The van der Waals surface area contributed by atoms with Crippen molar-refractivity contribution in [3.05, 3.63) is 0 Å². The molecule has 0 saturated heterocycles. The molecule has 0 rings (SSSR count). The Labute approximate surface area is 109 Å². The van der Waals surface area contributed by atoms with Crippen molar-refractivity contribution in [1.29, 1.82) is 0 Å². The van der Waals surface area contributed by atoms with Gasteiger partial charge in [-0.1, -0.05) is 13.8 Å². The Morgan fingerprint density at radius 2 is 1.76 bits per heavy atom. The van der Waals surface area contributed by atoms with Gasteiger partial charge in [-0.3, -0.25) is 4.79 Å². The van der Waals surface area contributed by atoms with E-state index in [4.69, 9.17) is 5.73 Å². The number of alkyl halides is 3. The summed E-state index contributed by atoms with van der Waals surface area (Å²) in [6.45, 7) is 3.91. The van der Waals surface area contributed by atoms with Crippen molar-refractivity contribution in [2.75, 3.05) is 12.3 Å². The molecule has 104 valence electrons. The van der Waals surface area contributed by atoms with Gasteiger partial charge in [-0.05, 0) is 24.6 Å². The second-order valence-corrected chi connectivity index (χ2v) is 4.51. The van der Waals surface area contributed by atoms with Gasteiger partial charge in [0.15, 0.2) is 0 Å². The molecule has 0 spiro atoms. The minimum atomic E-state index is -4.37. The molecule has 0 aromatic rings. The molecule has 0 saturated carbocycles. The molecule has 3 N–H and O–H groups in total. The van der Waals surface area contributed by atoms with Crippen molar-refractivity contribution in [2.45, 2.75) is 37.7 Å². The number of nitrogens with one attached hydrogen (secondary N) is 1. The van der Waals surface area contributed by atoms with Gasteiger partial charge in [0.1, 0.15) is 0 Å². The zero-order chi connectivity index (χ0) is 12.8. The first kappa shape index (κ1) is 19.2. The average Bonchev–Trinajstić information content (AvgIpc) is 2.22. The molecule has 0 aromatic heterocycles. The third kappa shape index (κ3) is 7.72. The van der Waals surface area contributed by atoms with Crippen LogP contribution in [0.1, 0.15) is 26.7 Å². The van der Waals surface area contributed by atoms with Crippen molar-refractivity contribution in [2.24, 2.45) is 5.73 Å². The van der Waals surface area contributed by atoms with Gasteiger partial charge in [-0.15, -0.1) is 12.4 Å². The van der Waals surface area contributed by atoms with Crippen LogP contribution in [0.15, 0.2) is 0 Å². The van der Waals surface area contributed by atoms with Crippen LogP contribution < -0.4 is 11.1 Å². The summed E-state index contributed by atoms with van der Waals surface area (Å²) in [6, 6.07) is 0. The number of rotatable bonds is 6. The van der Waals surface area contributed by atoms with Gasteiger partial charge in [0.2, 0.25) is 5.91 Å². The largest absolute Gasteiger partial charge is 0.442 e. The third-order valence-electron chi connectivity index (χ3n) is 2.52. The topological polar surface area (TPSA) is 55.1 Å². The minimum absolute atomic E-state index is 0. The molecule has 3 nitrogen and oxygen atoms in total. The van der Waals surface area contributed by atoms with E-state index in [2.05, 4.69) is 5.32 Å². The van der Waals surface area contributed by atoms with Crippen LogP contribution in [0.25, 0.3) is 0 Å². The molecule has 0 radical (unpaired) electrons. The van der Waals surface area contributed by atoms with Crippen LogP contribution >= 0.6 is 24.2 Å². The maximum Gasteiger partial charge on any atom is 0.442 e. The zero-order valence-corrected chi connectivity index (χ0v) is 11.4. The van der Waals surface area contributed by atoms with Crippen LogP contribution in [0.4, 0.5) is 13.2 Å². The first-order chi connectivity index (χ1) is 7.28. The standard InChI is InChI=1S/C9H17F3N2OS.ClH/c1-3-8(4-2,6-13)14-7(15)5-16-9(10,11)12;/h3-6,13H2,1-2H3,(H,14,15);1H. The Kier molecular flexibility index (Phi) is 9.09. The van der Waals surface area contributed by atoms with Gasteiger partial charge < -0.3 is 11.1 Å². The summed E-state index contributed by atoms with van der Waals surface area (Å²) in [6.07, 6.45) is 1.20. The van der Waals surface area contributed by atoms with Crippen LogP contribution in [0.2, 0.25) is 0 Å². The molecule has 0 heterocycles. The molecule has 0 aliphatic carbocycles. The van der Waals surface area contributed by atoms with Crippen LogP contribution in [0, 0.1) is 0 Å². The van der Waals surface area contributed by atoms with Gasteiger partial charge in [0.05, 0.1) is 11.3 Å². The molecule has 0 aliphatic heterocycles. The lowest BCUT2D eigenvalue weighted by atomic mass is 9.93. The lowest BCUT2D eigenvalue weighted by Crippen LogP contribution is -2.53. The van der Waals surface area contributed by atoms with Crippen molar-refractivity contribution in [3.63, 3.8) is 0 Å². The maximum absolute atomic E-state index is 11.9. The fraction of sp³-hybridized carbons (Fsp3) is 0.889. The fourth-order valence-electron chi connectivity index (χ4n) is 1.25. The van der Waals surface area contributed by atoms with Crippen LogP contribution in [0.5, 0.6) is 0 Å². The maximum atomic E-state index is 11.9. The summed E-state index contributed by atoms with van der Waals surface area (Å²) in [7, 11) is 0. The van der Waals surface area contributed by atoms with E-state index >= 15 is 0 Å². The lowest BCUT2D eigenvalue weighted by Gasteiger charge is -2.31. The van der Waals surface area contributed by atoms with E-state index in [1.54, 1.807) is 0 Å². The summed E-state index contributed by atoms with van der Waals surface area (Å²) in [5.41, 5.74) is 0.561. The molecule has 0 atom stereocenters. The number of hydrogen-bond donors (Lipinski definition) is 2. The monoisotopic (exact) mass is 294 g/mol. The van der Waals surface area contributed by atoms with Crippen molar-refractivity contribution in [3.8, 4) is 0 Å². The summed E-state index contributed by atoms with van der Waals surface area (Å²) in [5, 5.41) is 2.57. The van der Waals surface area contributed by atoms with Crippen molar-refractivity contribution < 1.29 is 18.0 Å². The fourth-order valence-corrected chi connectivity index (χ4v) is 1.61. The quantitative estimate of drug-likeness (QED) is 0.790. The SMILES string of the molecule is CCC(CC)(CN)NC(=O)CSC(F)(F)F.Cl. The number of amides is 1. The molecule has 0 aromatic carbocycles. The Bertz CT molecular complexity index is 227. The smallest absolute Gasteiger partial charge is 0.349 e. The second kappa shape index (κ2) is 8.05. The normalized spacial score (nSPS) is 11.9. The highest BCUT2D eigenvalue weighted by Gasteiger charge is 2.31. The molecular formula is C9H18ClF3N2OS. The number of carbonyl (C=O) groups is 1. The van der Waals surface area contributed by atoms with E-state index in [0.29, 0.717) is 12.8 Å². The molecule has 17 heavy (non-hydrogen) atoms. The van der Waals surface area contributed by atoms with Gasteiger partial charge in [0, 0.05) is 6.54 Å². The van der Waals surface area contributed by atoms with E-state index in [1.807, 2.05) is 13.8 Å². The Morgan fingerprint density at radius 1 is 1.29 bits per heavy atom. The number of halogens is 4. The average molecular weight is 295 g/mol. The second-order valence-electron chi connectivity index (χ2n) is 3.47. The number of thioether (sulfide) groups is 1. The van der Waals surface area contributed by atoms with E-state index in [9.17, 15) is 18.0 Å². The van der Waals surface area contributed by atoms with Gasteiger partial charge in [-0.2, -0.15) is 13.2 Å². The van der Waals surface area contributed by atoms with Gasteiger partial charge in [-0.25, -0.2) is 0 Å². The van der Waals surface area contributed by atoms with E-state index in [1.165, 1.54) is 0 Å². The van der Waals surface area contributed by atoms with Gasteiger partial charge in [0.25, 0.3) is 0 Å². The van der Waals surface area contributed by atoms with Gasteiger partial charge >= 0.3 is 5.51 Å². The highest BCUT2D eigenvalue weighted by atomic mass is 35.5. The van der Waals surface area contributed by atoms with Crippen LogP contribution in [-0.4, -0.2) is 29.3 Å². The first-order valence-corrected chi connectivity index (χ1v) is 5.99. The number of nitrogens with two attached hydrogens (primary N) is 1. The third-order valence-corrected chi connectivity index (χ3v) is 3.25. The Morgan fingerprint density at radius 3 is 2.06 bits per heavy atom.